The van der Waals surface area contributed by atoms with Gasteiger partial charge in [0.05, 0.1) is 29.5 Å². The predicted octanol–water partition coefficient (Wildman–Crippen LogP) is 3.36. The fraction of sp³-hybridized carbons (Fsp3) is 0.455. The molecule has 31 heavy (non-hydrogen) atoms. The fourth-order valence-electron chi connectivity index (χ4n) is 3.35. The van der Waals surface area contributed by atoms with Crippen LogP contribution < -0.4 is 0 Å². The van der Waals surface area contributed by atoms with Gasteiger partial charge >= 0.3 is 17.9 Å². The standard InChI is InChI=1S/C22H28N2O7/c1-8-29-20(26)16-11(4)18(23-13(16)6)15(25)9-30-22(28)19-12(5)17(14(7)24-19)21(27)31-10(2)3/h10,23-24H,8-9H2,1-7H3. The van der Waals surface area contributed by atoms with E-state index in [9.17, 15) is 19.2 Å². The van der Waals surface area contributed by atoms with Crippen molar-refractivity contribution in [1.82, 2.24) is 9.97 Å². The van der Waals surface area contributed by atoms with Gasteiger partial charge in [0.2, 0.25) is 5.78 Å². The van der Waals surface area contributed by atoms with Gasteiger partial charge in [0.1, 0.15) is 5.69 Å². The Balaban J connectivity index is 2.15. The lowest BCUT2D eigenvalue weighted by molar-refractivity contribution is 0.0375. The number of aromatic amines is 2. The summed E-state index contributed by atoms with van der Waals surface area (Å²) >= 11 is 0. The van der Waals surface area contributed by atoms with Crippen molar-refractivity contribution in [3.8, 4) is 0 Å². The Morgan fingerprint density at radius 1 is 0.774 bits per heavy atom. The monoisotopic (exact) mass is 432 g/mol. The van der Waals surface area contributed by atoms with E-state index in [2.05, 4.69) is 9.97 Å². The summed E-state index contributed by atoms with van der Waals surface area (Å²) in [7, 11) is 0. The summed E-state index contributed by atoms with van der Waals surface area (Å²) in [6, 6.07) is 0. The van der Waals surface area contributed by atoms with E-state index >= 15 is 0 Å². The van der Waals surface area contributed by atoms with Gasteiger partial charge in [0.15, 0.2) is 6.61 Å². The van der Waals surface area contributed by atoms with Gasteiger partial charge in [0.25, 0.3) is 0 Å². The number of ketones is 1. The maximum atomic E-state index is 12.6. The molecule has 0 aliphatic heterocycles. The van der Waals surface area contributed by atoms with Crippen LogP contribution in [0.1, 0.15) is 85.0 Å². The molecule has 0 aromatic carbocycles. The van der Waals surface area contributed by atoms with Crippen LogP contribution in [0.25, 0.3) is 0 Å². The third-order valence-corrected chi connectivity index (χ3v) is 4.72. The average molecular weight is 432 g/mol. The van der Waals surface area contributed by atoms with Crippen molar-refractivity contribution in [3.63, 3.8) is 0 Å². The van der Waals surface area contributed by atoms with E-state index in [1.165, 1.54) is 0 Å². The maximum Gasteiger partial charge on any atom is 0.355 e. The predicted molar refractivity (Wildman–Crippen MR) is 112 cm³/mol. The molecule has 2 heterocycles. The molecule has 2 aromatic rings. The van der Waals surface area contributed by atoms with Crippen LogP contribution >= 0.6 is 0 Å². The van der Waals surface area contributed by atoms with Crippen molar-refractivity contribution in [2.45, 2.75) is 54.6 Å². The zero-order chi connectivity index (χ0) is 23.5. The minimum atomic E-state index is -0.774. The maximum absolute atomic E-state index is 12.6. The van der Waals surface area contributed by atoms with E-state index in [0.717, 1.165) is 0 Å². The first-order valence-electron chi connectivity index (χ1n) is 9.96. The Bertz CT molecular complexity index is 1030. The smallest absolute Gasteiger partial charge is 0.355 e. The first-order valence-corrected chi connectivity index (χ1v) is 9.96. The van der Waals surface area contributed by atoms with Gasteiger partial charge in [-0.25, -0.2) is 14.4 Å². The quantitative estimate of drug-likeness (QED) is 0.372. The number of aromatic nitrogens is 2. The summed E-state index contributed by atoms with van der Waals surface area (Å²) in [5.74, 6) is -2.34. The molecule has 0 radical (unpaired) electrons. The third kappa shape index (κ3) is 5.04. The number of nitrogens with one attached hydrogen (secondary N) is 2. The SMILES string of the molecule is CCOC(=O)c1c(C)[nH]c(C(=O)COC(=O)c2[nH]c(C)c(C(=O)OC(C)C)c2C)c1C. The summed E-state index contributed by atoms with van der Waals surface area (Å²) in [6.07, 6.45) is -0.304. The van der Waals surface area contributed by atoms with E-state index in [0.29, 0.717) is 28.1 Å². The topological polar surface area (TPSA) is 128 Å². The zero-order valence-corrected chi connectivity index (χ0v) is 18.8. The molecule has 0 aliphatic rings. The third-order valence-electron chi connectivity index (χ3n) is 4.72. The molecule has 9 nitrogen and oxygen atoms in total. The lowest BCUT2D eigenvalue weighted by atomic mass is 10.1. The van der Waals surface area contributed by atoms with Gasteiger partial charge in [-0.05, 0) is 59.6 Å². The molecular weight excluding hydrogens is 404 g/mol. The minimum Gasteiger partial charge on any atom is -0.462 e. The number of hydrogen-bond acceptors (Lipinski definition) is 7. The molecule has 0 fully saturated rings. The molecule has 2 rings (SSSR count). The molecule has 2 N–H and O–H groups in total. The summed E-state index contributed by atoms with van der Waals surface area (Å²) in [4.78, 5) is 55.2. The highest BCUT2D eigenvalue weighted by atomic mass is 16.5. The summed E-state index contributed by atoms with van der Waals surface area (Å²) in [5.41, 5.74) is 2.59. The molecule has 0 unspecified atom stereocenters. The van der Waals surface area contributed by atoms with E-state index in [4.69, 9.17) is 14.2 Å². The molecule has 0 spiro atoms. The van der Waals surface area contributed by atoms with E-state index in [1.54, 1.807) is 48.5 Å². The van der Waals surface area contributed by atoms with Gasteiger partial charge < -0.3 is 24.2 Å². The number of carbonyl (C=O) groups excluding carboxylic acids is 4. The molecule has 0 atom stereocenters. The molecule has 0 bridgehead atoms. The van der Waals surface area contributed by atoms with Crippen LogP contribution in [0.4, 0.5) is 0 Å². The van der Waals surface area contributed by atoms with Crippen LogP contribution in [0.5, 0.6) is 0 Å². The second-order valence-electron chi connectivity index (χ2n) is 7.42. The number of Topliss-reactive ketones (excluding diaryl/α,β-unsaturated/α-hetero) is 1. The van der Waals surface area contributed by atoms with Crippen LogP contribution in [0, 0.1) is 27.7 Å². The zero-order valence-electron chi connectivity index (χ0n) is 18.8. The van der Waals surface area contributed by atoms with E-state index in [-0.39, 0.29) is 29.7 Å². The molecule has 0 saturated heterocycles. The average Bonchev–Trinajstić information content (AvgIpc) is 3.14. The summed E-state index contributed by atoms with van der Waals surface area (Å²) in [5, 5.41) is 0. The molecule has 0 aliphatic carbocycles. The number of rotatable bonds is 8. The molecule has 2 aromatic heterocycles. The Hall–Kier alpha value is -3.36. The Morgan fingerprint density at radius 2 is 1.29 bits per heavy atom. The van der Waals surface area contributed by atoms with Gasteiger partial charge in [-0.15, -0.1) is 0 Å². The van der Waals surface area contributed by atoms with Crippen molar-refractivity contribution in [3.05, 3.63) is 45.0 Å². The lowest BCUT2D eigenvalue weighted by Gasteiger charge is -2.08. The van der Waals surface area contributed by atoms with Gasteiger partial charge in [0, 0.05) is 11.4 Å². The van der Waals surface area contributed by atoms with E-state index < -0.39 is 30.3 Å². The Morgan fingerprint density at radius 3 is 1.84 bits per heavy atom. The van der Waals surface area contributed by atoms with Gasteiger partial charge in [-0.1, -0.05) is 0 Å². The van der Waals surface area contributed by atoms with Crippen molar-refractivity contribution in [1.29, 1.82) is 0 Å². The second kappa shape index (κ2) is 9.63. The van der Waals surface area contributed by atoms with Crippen molar-refractivity contribution in [2.75, 3.05) is 13.2 Å². The van der Waals surface area contributed by atoms with Crippen molar-refractivity contribution < 1.29 is 33.4 Å². The summed E-state index contributed by atoms with van der Waals surface area (Å²) in [6.45, 7) is 11.4. The molecule has 168 valence electrons. The second-order valence-corrected chi connectivity index (χ2v) is 7.42. The highest BCUT2D eigenvalue weighted by Crippen LogP contribution is 2.22. The van der Waals surface area contributed by atoms with Gasteiger partial charge in [-0.3, -0.25) is 4.79 Å². The first kappa shape index (κ1) is 23.9. The number of H-pyrrole nitrogens is 2. The Labute approximate surface area is 180 Å². The van der Waals surface area contributed by atoms with Crippen molar-refractivity contribution in [2.24, 2.45) is 0 Å². The number of esters is 3. The number of carbonyl (C=O) groups is 4. The number of ether oxygens (including phenoxy) is 3. The van der Waals surface area contributed by atoms with Crippen molar-refractivity contribution >= 4 is 23.7 Å². The fourth-order valence-corrected chi connectivity index (χ4v) is 3.35. The number of hydrogen-bond donors (Lipinski definition) is 2. The number of aryl methyl sites for hydroxylation is 2. The lowest BCUT2D eigenvalue weighted by Crippen LogP contribution is -2.17. The van der Waals surface area contributed by atoms with Gasteiger partial charge in [-0.2, -0.15) is 0 Å². The van der Waals surface area contributed by atoms with Crippen LogP contribution in [-0.4, -0.2) is 53.0 Å². The highest BCUT2D eigenvalue weighted by molar-refractivity contribution is 6.03. The Kier molecular flexibility index (Phi) is 7.43. The normalized spacial score (nSPS) is 10.8. The van der Waals surface area contributed by atoms with E-state index in [1.807, 2.05) is 0 Å². The first-order chi connectivity index (χ1) is 14.5. The minimum absolute atomic E-state index is 0.0765. The largest absolute Gasteiger partial charge is 0.462 e. The molecule has 0 amide bonds. The molecule has 9 heteroatoms. The highest BCUT2D eigenvalue weighted by Gasteiger charge is 2.26. The van der Waals surface area contributed by atoms with Crippen LogP contribution in [0.2, 0.25) is 0 Å². The molecular formula is C22H28N2O7. The summed E-state index contributed by atoms with van der Waals surface area (Å²) < 4.78 is 15.4. The van der Waals surface area contributed by atoms with Crippen LogP contribution in [0.3, 0.4) is 0 Å². The van der Waals surface area contributed by atoms with Crippen LogP contribution in [-0.2, 0) is 14.2 Å². The molecule has 0 saturated carbocycles. The van der Waals surface area contributed by atoms with Crippen LogP contribution in [0.15, 0.2) is 0 Å².